The molecule has 0 radical (unpaired) electrons. The van der Waals surface area contributed by atoms with Crippen molar-refractivity contribution in [3.63, 3.8) is 0 Å². The molecule has 0 aliphatic carbocycles. The van der Waals surface area contributed by atoms with Crippen LogP contribution in [0.15, 0.2) is 52.3 Å². The van der Waals surface area contributed by atoms with Gasteiger partial charge in [0, 0.05) is 27.3 Å². The van der Waals surface area contributed by atoms with E-state index in [0.29, 0.717) is 5.92 Å². The van der Waals surface area contributed by atoms with E-state index in [4.69, 9.17) is 16.3 Å². The summed E-state index contributed by atoms with van der Waals surface area (Å²) in [4.78, 5) is 2.31. The Kier molecular flexibility index (Phi) is 4.73. The van der Waals surface area contributed by atoms with E-state index < -0.39 is 0 Å². The first-order valence-electron chi connectivity index (χ1n) is 7.08. The van der Waals surface area contributed by atoms with Crippen LogP contribution in [0.25, 0.3) is 0 Å². The lowest BCUT2D eigenvalue weighted by molar-refractivity contribution is 0.405. The molecular formula is C17H18ClNOS. The zero-order valence-corrected chi connectivity index (χ0v) is 13.5. The molecule has 0 bridgehead atoms. The molecule has 0 spiro atoms. The van der Waals surface area contributed by atoms with E-state index in [1.165, 1.54) is 16.9 Å². The van der Waals surface area contributed by atoms with Gasteiger partial charge in [0.25, 0.3) is 0 Å². The molecule has 1 fully saturated rings. The van der Waals surface area contributed by atoms with E-state index in [1.807, 2.05) is 18.2 Å². The van der Waals surface area contributed by atoms with Crippen molar-refractivity contribution < 1.29 is 4.74 Å². The summed E-state index contributed by atoms with van der Waals surface area (Å²) >= 11 is 7.74. The molecule has 0 aromatic heterocycles. The van der Waals surface area contributed by atoms with Crippen LogP contribution in [-0.4, -0.2) is 20.2 Å². The Hall–Kier alpha value is -1.16. The summed E-state index contributed by atoms with van der Waals surface area (Å²) in [5, 5.41) is 4.17. The number of hydrogen-bond acceptors (Lipinski definition) is 3. The Bertz CT molecular complexity index is 626. The first-order chi connectivity index (χ1) is 10.3. The van der Waals surface area contributed by atoms with E-state index in [2.05, 4.69) is 29.6 Å². The average Bonchev–Trinajstić information content (AvgIpc) is 3.01. The number of methoxy groups -OCH3 is 1. The third-order valence-corrected chi connectivity index (χ3v) is 4.95. The lowest BCUT2D eigenvalue weighted by Crippen LogP contribution is -2.08. The third kappa shape index (κ3) is 3.54. The number of hydrogen-bond donors (Lipinski definition) is 1. The monoisotopic (exact) mass is 319 g/mol. The minimum Gasteiger partial charge on any atom is -0.496 e. The van der Waals surface area contributed by atoms with Gasteiger partial charge in [0.1, 0.15) is 5.75 Å². The van der Waals surface area contributed by atoms with Gasteiger partial charge < -0.3 is 10.1 Å². The number of benzene rings is 2. The van der Waals surface area contributed by atoms with Gasteiger partial charge in [0.15, 0.2) is 0 Å². The van der Waals surface area contributed by atoms with Crippen molar-refractivity contribution in [1.29, 1.82) is 0 Å². The highest BCUT2D eigenvalue weighted by molar-refractivity contribution is 7.99. The van der Waals surface area contributed by atoms with E-state index in [1.54, 1.807) is 18.9 Å². The van der Waals surface area contributed by atoms with Gasteiger partial charge in [-0.2, -0.15) is 0 Å². The fourth-order valence-electron chi connectivity index (χ4n) is 2.68. The van der Waals surface area contributed by atoms with E-state index in [9.17, 15) is 0 Å². The van der Waals surface area contributed by atoms with Gasteiger partial charge in [-0.1, -0.05) is 35.5 Å². The number of ether oxygens (including phenoxy) is 1. The number of nitrogens with one attached hydrogen (secondary N) is 1. The molecule has 1 N–H and O–H groups in total. The van der Waals surface area contributed by atoms with Crippen molar-refractivity contribution in [2.45, 2.75) is 22.1 Å². The van der Waals surface area contributed by atoms with E-state index in [-0.39, 0.29) is 0 Å². The Morgan fingerprint density at radius 1 is 1.19 bits per heavy atom. The fourth-order valence-corrected chi connectivity index (χ4v) is 3.84. The van der Waals surface area contributed by atoms with Gasteiger partial charge in [0.2, 0.25) is 0 Å². The highest BCUT2D eigenvalue weighted by Gasteiger charge is 2.20. The molecule has 21 heavy (non-hydrogen) atoms. The third-order valence-electron chi connectivity index (χ3n) is 3.74. The van der Waals surface area contributed by atoms with Crippen LogP contribution in [0.3, 0.4) is 0 Å². The molecule has 110 valence electrons. The van der Waals surface area contributed by atoms with Crippen LogP contribution in [0.2, 0.25) is 5.02 Å². The molecule has 1 aliphatic rings. The molecule has 1 heterocycles. The van der Waals surface area contributed by atoms with E-state index >= 15 is 0 Å². The second-order valence-electron chi connectivity index (χ2n) is 5.15. The molecular weight excluding hydrogens is 302 g/mol. The van der Waals surface area contributed by atoms with Crippen LogP contribution >= 0.6 is 23.4 Å². The molecule has 2 nitrogen and oxygen atoms in total. The topological polar surface area (TPSA) is 21.3 Å². The summed E-state index contributed by atoms with van der Waals surface area (Å²) in [5.41, 5.74) is 1.30. The van der Waals surface area contributed by atoms with Crippen LogP contribution in [0.1, 0.15) is 17.9 Å². The van der Waals surface area contributed by atoms with Crippen molar-refractivity contribution in [3.8, 4) is 5.75 Å². The van der Waals surface area contributed by atoms with Crippen molar-refractivity contribution in [2.75, 3.05) is 20.2 Å². The lowest BCUT2D eigenvalue weighted by atomic mass is 9.97. The largest absolute Gasteiger partial charge is 0.496 e. The predicted octanol–water partition coefficient (Wildman–Crippen LogP) is 4.58. The summed E-state index contributed by atoms with van der Waals surface area (Å²) in [6.45, 7) is 2.13. The second kappa shape index (κ2) is 6.73. The Balaban J connectivity index is 1.83. The second-order valence-corrected chi connectivity index (χ2v) is 6.74. The van der Waals surface area contributed by atoms with Crippen molar-refractivity contribution in [1.82, 2.24) is 5.32 Å². The molecule has 1 unspecified atom stereocenters. The normalized spacial score (nSPS) is 17.9. The quantitative estimate of drug-likeness (QED) is 0.891. The lowest BCUT2D eigenvalue weighted by Gasteiger charge is -2.15. The zero-order valence-electron chi connectivity index (χ0n) is 11.9. The van der Waals surface area contributed by atoms with Crippen LogP contribution in [-0.2, 0) is 0 Å². The van der Waals surface area contributed by atoms with Gasteiger partial charge in [-0.05, 0) is 48.9 Å². The Morgan fingerprint density at radius 3 is 2.76 bits per heavy atom. The molecule has 2 aromatic carbocycles. The smallest absolute Gasteiger partial charge is 0.123 e. The highest BCUT2D eigenvalue weighted by atomic mass is 35.5. The fraction of sp³-hybridized carbons (Fsp3) is 0.294. The summed E-state index contributed by atoms with van der Waals surface area (Å²) in [5.74, 6) is 1.54. The van der Waals surface area contributed by atoms with Crippen molar-refractivity contribution in [2.24, 2.45) is 0 Å². The predicted molar refractivity (Wildman–Crippen MR) is 88.8 cm³/mol. The van der Waals surface area contributed by atoms with E-state index in [0.717, 1.165) is 28.8 Å². The van der Waals surface area contributed by atoms with Crippen LogP contribution in [0.4, 0.5) is 0 Å². The maximum atomic E-state index is 6.04. The van der Waals surface area contributed by atoms with Gasteiger partial charge >= 0.3 is 0 Å². The van der Waals surface area contributed by atoms with Crippen molar-refractivity contribution >= 4 is 23.4 Å². The molecule has 3 rings (SSSR count). The number of halogens is 1. The van der Waals surface area contributed by atoms with Gasteiger partial charge in [-0.3, -0.25) is 0 Å². The standard InChI is InChI=1S/C17H18ClNOS/c1-20-17-10-15(21-14-4-2-3-13(18)9-14)5-6-16(17)12-7-8-19-11-12/h2-6,9-10,12,19H,7-8,11H2,1H3. The number of rotatable bonds is 4. The molecule has 1 aliphatic heterocycles. The Morgan fingerprint density at radius 2 is 2.05 bits per heavy atom. The van der Waals surface area contributed by atoms with Crippen LogP contribution < -0.4 is 10.1 Å². The molecule has 4 heteroatoms. The summed E-state index contributed by atoms with van der Waals surface area (Å²) in [7, 11) is 1.75. The first kappa shape index (κ1) is 14.8. The summed E-state index contributed by atoms with van der Waals surface area (Å²) in [6, 6.07) is 14.4. The molecule has 2 aromatic rings. The first-order valence-corrected chi connectivity index (χ1v) is 8.28. The summed E-state index contributed by atoms with van der Waals surface area (Å²) < 4.78 is 5.59. The van der Waals surface area contributed by atoms with Gasteiger partial charge in [-0.25, -0.2) is 0 Å². The van der Waals surface area contributed by atoms with Crippen molar-refractivity contribution in [3.05, 3.63) is 53.1 Å². The minimum atomic E-state index is 0.560. The maximum Gasteiger partial charge on any atom is 0.123 e. The van der Waals surface area contributed by atoms with Gasteiger partial charge in [-0.15, -0.1) is 0 Å². The average molecular weight is 320 g/mol. The zero-order chi connectivity index (χ0) is 14.7. The molecule has 0 amide bonds. The van der Waals surface area contributed by atoms with Crippen LogP contribution in [0.5, 0.6) is 5.75 Å². The highest BCUT2D eigenvalue weighted by Crippen LogP contribution is 2.36. The molecule has 0 saturated carbocycles. The summed E-state index contributed by atoms with van der Waals surface area (Å²) in [6.07, 6.45) is 1.18. The molecule has 1 saturated heterocycles. The Labute approximate surface area is 134 Å². The van der Waals surface area contributed by atoms with Gasteiger partial charge in [0.05, 0.1) is 7.11 Å². The minimum absolute atomic E-state index is 0.560. The SMILES string of the molecule is COc1cc(Sc2cccc(Cl)c2)ccc1C1CCNC1. The molecule has 1 atom stereocenters. The van der Waals surface area contributed by atoms with Crippen LogP contribution in [0, 0.1) is 0 Å². The maximum absolute atomic E-state index is 6.04.